The summed E-state index contributed by atoms with van der Waals surface area (Å²) in [6.45, 7) is 10.1. The van der Waals surface area contributed by atoms with Gasteiger partial charge in [-0.05, 0) is 83.8 Å². The van der Waals surface area contributed by atoms with Gasteiger partial charge in [0.15, 0.2) is 0 Å². The van der Waals surface area contributed by atoms with Crippen LogP contribution >= 0.6 is 0 Å². The number of aromatic nitrogens is 2. The molecule has 4 heterocycles. The second-order valence-electron chi connectivity index (χ2n) is 11.3. The second-order valence-corrected chi connectivity index (χ2v) is 11.3. The van der Waals surface area contributed by atoms with E-state index in [1.807, 2.05) is 18.2 Å². The summed E-state index contributed by atoms with van der Waals surface area (Å²) in [7, 11) is 2.22. The third-order valence-electron chi connectivity index (χ3n) is 8.75. The molecule has 2 amide bonds. The van der Waals surface area contributed by atoms with E-state index in [2.05, 4.69) is 32.0 Å². The van der Waals surface area contributed by atoms with Gasteiger partial charge in [0.2, 0.25) is 11.8 Å². The maximum absolute atomic E-state index is 13.6. The number of benzene rings is 1. The highest BCUT2D eigenvalue weighted by molar-refractivity contribution is 5.99. The molecule has 206 valence electrons. The van der Waals surface area contributed by atoms with Gasteiger partial charge in [-0.3, -0.25) is 29.2 Å². The number of unbranched alkanes of at least 4 members (excludes halogenated alkanes) is 2. The fraction of sp³-hybridized carbons (Fsp3) is 0.655. The number of amides is 2. The van der Waals surface area contributed by atoms with E-state index < -0.39 is 11.9 Å². The molecular weight excluding hydrogens is 480 g/mol. The summed E-state index contributed by atoms with van der Waals surface area (Å²) >= 11 is 0. The quantitative estimate of drug-likeness (QED) is 0.420. The monoisotopic (exact) mass is 522 g/mol. The van der Waals surface area contributed by atoms with Gasteiger partial charge in [0.05, 0.1) is 10.9 Å². The smallest absolute Gasteiger partial charge is 0.262 e. The van der Waals surface area contributed by atoms with E-state index in [9.17, 15) is 14.4 Å². The second kappa shape index (κ2) is 12.1. The zero-order valence-corrected chi connectivity index (χ0v) is 23.0. The Morgan fingerprint density at radius 2 is 1.71 bits per heavy atom. The Balaban J connectivity index is 1.14. The molecule has 1 aromatic carbocycles. The number of piperidine rings is 2. The minimum absolute atomic E-state index is 0.180. The molecule has 1 aromatic heterocycles. The Hall–Kier alpha value is -2.62. The number of hydrogen-bond acceptors (Lipinski definition) is 7. The highest BCUT2D eigenvalue weighted by atomic mass is 16.2. The summed E-state index contributed by atoms with van der Waals surface area (Å²) < 4.78 is 1.49. The normalized spacial score (nSPS) is 22.7. The highest BCUT2D eigenvalue weighted by Crippen LogP contribution is 2.23. The number of rotatable bonds is 8. The van der Waals surface area contributed by atoms with E-state index in [0.717, 1.165) is 37.4 Å². The molecule has 0 bridgehead atoms. The minimum Gasteiger partial charge on any atom is -0.304 e. The van der Waals surface area contributed by atoms with Gasteiger partial charge in [-0.15, -0.1) is 0 Å². The van der Waals surface area contributed by atoms with E-state index in [0.29, 0.717) is 23.1 Å². The number of imide groups is 1. The molecule has 3 aliphatic heterocycles. The Labute approximate surface area is 225 Å². The zero-order chi connectivity index (χ0) is 26.6. The average molecular weight is 523 g/mol. The van der Waals surface area contributed by atoms with Crippen LogP contribution in [0.5, 0.6) is 0 Å². The van der Waals surface area contributed by atoms with Gasteiger partial charge in [0.1, 0.15) is 11.9 Å². The highest BCUT2D eigenvalue weighted by Gasteiger charge is 2.31. The molecule has 1 unspecified atom stereocenters. The molecule has 5 rings (SSSR count). The van der Waals surface area contributed by atoms with Crippen molar-refractivity contribution in [2.45, 2.75) is 70.4 Å². The number of likely N-dealkylation sites (N-methyl/N-ethyl adjacent to an activating group) is 1. The van der Waals surface area contributed by atoms with Crippen molar-refractivity contribution in [2.75, 3.05) is 52.9 Å². The number of piperazine rings is 1. The number of nitrogens with zero attached hydrogens (tertiary/aromatic N) is 5. The van der Waals surface area contributed by atoms with E-state index in [4.69, 9.17) is 0 Å². The summed E-state index contributed by atoms with van der Waals surface area (Å²) in [5, 5.41) is 2.97. The summed E-state index contributed by atoms with van der Waals surface area (Å²) in [5.41, 5.74) is 1.49. The first kappa shape index (κ1) is 27.0. The SMILES string of the molecule is Cc1nc2cccc(CCCCCN3CCC(N4CCN(C)CC4)CC3)c2c(=O)n1C1CCC(=O)NC1=O. The molecule has 3 aliphatic rings. The molecule has 0 spiro atoms. The topological polar surface area (TPSA) is 90.8 Å². The van der Waals surface area contributed by atoms with Crippen LogP contribution in [0.2, 0.25) is 0 Å². The molecule has 0 radical (unpaired) electrons. The maximum atomic E-state index is 13.6. The molecule has 3 fully saturated rings. The minimum atomic E-state index is -0.689. The Morgan fingerprint density at radius 3 is 2.45 bits per heavy atom. The molecule has 1 atom stereocenters. The van der Waals surface area contributed by atoms with E-state index >= 15 is 0 Å². The van der Waals surface area contributed by atoms with Crippen LogP contribution in [-0.2, 0) is 16.0 Å². The molecule has 2 aromatic rings. The summed E-state index contributed by atoms with van der Waals surface area (Å²) in [4.78, 5) is 50.1. The first-order valence-electron chi connectivity index (χ1n) is 14.4. The van der Waals surface area contributed by atoms with Crippen molar-refractivity contribution in [1.82, 2.24) is 29.6 Å². The van der Waals surface area contributed by atoms with Crippen molar-refractivity contribution in [3.8, 4) is 0 Å². The van der Waals surface area contributed by atoms with Crippen LogP contribution in [0.25, 0.3) is 10.9 Å². The van der Waals surface area contributed by atoms with Crippen LogP contribution in [0.1, 0.15) is 62.4 Å². The van der Waals surface area contributed by atoms with Crippen molar-refractivity contribution >= 4 is 22.7 Å². The number of hydrogen-bond donors (Lipinski definition) is 1. The number of likely N-dealkylation sites (tertiary alicyclic amines) is 1. The Morgan fingerprint density at radius 1 is 0.947 bits per heavy atom. The van der Waals surface area contributed by atoms with Gasteiger partial charge in [-0.25, -0.2) is 4.98 Å². The van der Waals surface area contributed by atoms with Crippen LogP contribution < -0.4 is 10.9 Å². The van der Waals surface area contributed by atoms with Crippen molar-refractivity contribution in [2.24, 2.45) is 0 Å². The Bertz CT molecular complexity index is 1210. The van der Waals surface area contributed by atoms with Crippen molar-refractivity contribution < 1.29 is 9.59 Å². The molecule has 9 nitrogen and oxygen atoms in total. The molecule has 1 N–H and O–H groups in total. The molecule has 0 saturated carbocycles. The summed E-state index contributed by atoms with van der Waals surface area (Å²) in [5.74, 6) is -0.200. The van der Waals surface area contributed by atoms with Crippen molar-refractivity contribution in [3.63, 3.8) is 0 Å². The van der Waals surface area contributed by atoms with E-state index in [1.54, 1.807) is 6.92 Å². The third-order valence-corrected chi connectivity index (χ3v) is 8.75. The molecule has 9 heteroatoms. The van der Waals surface area contributed by atoms with Crippen LogP contribution in [0.4, 0.5) is 0 Å². The Kier molecular flexibility index (Phi) is 8.55. The predicted molar refractivity (Wildman–Crippen MR) is 148 cm³/mol. The van der Waals surface area contributed by atoms with E-state index in [-0.39, 0.29) is 17.9 Å². The number of fused-ring (bicyclic) bond motifs is 1. The van der Waals surface area contributed by atoms with Gasteiger partial charge < -0.3 is 9.80 Å². The van der Waals surface area contributed by atoms with Crippen molar-refractivity contribution in [3.05, 3.63) is 39.9 Å². The van der Waals surface area contributed by atoms with Crippen molar-refractivity contribution in [1.29, 1.82) is 0 Å². The lowest BCUT2D eigenvalue weighted by atomic mass is 10.0. The van der Waals surface area contributed by atoms with Gasteiger partial charge >= 0.3 is 0 Å². The third kappa shape index (κ3) is 6.00. The first-order chi connectivity index (χ1) is 18.4. The predicted octanol–water partition coefficient (Wildman–Crippen LogP) is 2.11. The van der Waals surface area contributed by atoms with Crippen LogP contribution in [0, 0.1) is 6.92 Å². The molecule has 0 aliphatic carbocycles. The standard InChI is InChI=1S/C29H42N6O3/c1-21-30-24-9-6-8-22(27(24)29(38)35(21)25-10-11-26(36)31-28(25)37)7-4-3-5-14-33-15-12-23(13-16-33)34-19-17-32(2)18-20-34/h6,8-9,23,25H,3-5,7,10-20H2,1-2H3,(H,31,36,37). The van der Waals surface area contributed by atoms with Crippen LogP contribution in [0.3, 0.4) is 0 Å². The summed E-state index contributed by atoms with van der Waals surface area (Å²) in [6, 6.07) is 5.91. The number of carbonyl (C=O) groups excluding carboxylic acids is 2. The van der Waals surface area contributed by atoms with Gasteiger partial charge in [0.25, 0.3) is 5.56 Å². The lowest BCUT2D eigenvalue weighted by molar-refractivity contribution is -0.135. The lowest BCUT2D eigenvalue weighted by Crippen LogP contribution is -2.52. The molecule has 3 saturated heterocycles. The van der Waals surface area contributed by atoms with Gasteiger partial charge in [0, 0.05) is 38.6 Å². The van der Waals surface area contributed by atoms with Crippen LogP contribution in [-0.4, -0.2) is 95.0 Å². The lowest BCUT2D eigenvalue weighted by Gasteiger charge is -2.42. The maximum Gasteiger partial charge on any atom is 0.262 e. The number of aryl methyl sites for hydroxylation is 2. The largest absolute Gasteiger partial charge is 0.304 e. The average Bonchev–Trinajstić information content (AvgIpc) is 2.90. The number of nitrogens with one attached hydrogen (secondary N) is 1. The van der Waals surface area contributed by atoms with E-state index in [1.165, 1.54) is 63.1 Å². The molecule has 38 heavy (non-hydrogen) atoms. The first-order valence-corrected chi connectivity index (χ1v) is 14.4. The van der Waals surface area contributed by atoms with Gasteiger partial charge in [-0.1, -0.05) is 18.6 Å². The fourth-order valence-corrected chi connectivity index (χ4v) is 6.45. The molecular formula is C29H42N6O3. The zero-order valence-electron chi connectivity index (χ0n) is 23.0. The van der Waals surface area contributed by atoms with Gasteiger partial charge in [-0.2, -0.15) is 0 Å². The number of carbonyl (C=O) groups is 2. The van der Waals surface area contributed by atoms with Crippen LogP contribution in [0.15, 0.2) is 23.0 Å². The fourth-order valence-electron chi connectivity index (χ4n) is 6.45. The summed E-state index contributed by atoms with van der Waals surface area (Å²) in [6.07, 6.45) is 7.25.